The van der Waals surface area contributed by atoms with Gasteiger partial charge in [0.15, 0.2) is 0 Å². The second kappa shape index (κ2) is 10.8. The number of hydrogen-bond acceptors (Lipinski definition) is 4. The highest BCUT2D eigenvalue weighted by Gasteiger charge is 2.19. The number of H-pyrrole nitrogens is 1. The second-order valence-corrected chi connectivity index (χ2v) is 10.6. The van der Waals surface area contributed by atoms with Crippen molar-refractivity contribution in [2.24, 2.45) is 0 Å². The zero-order valence-corrected chi connectivity index (χ0v) is 23.1. The first-order chi connectivity index (χ1) is 18.7. The number of pyridine rings is 2. The number of aromatic amines is 1. The molecule has 0 saturated carbocycles. The molecule has 38 heavy (non-hydrogen) atoms. The number of aryl methyl sites for hydroxylation is 1. The summed E-state index contributed by atoms with van der Waals surface area (Å²) in [6.07, 6.45) is 1.86. The second-order valence-electron chi connectivity index (χ2n) is 9.25. The lowest BCUT2D eigenvalue weighted by Crippen LogP contribution is -2.12. The molecule has 0 amide bonds. The van der Waals surface area contributed by atoms with Gasteiger partial charge in [0.05, 0.1) is 23.4 Å². The molecule has 0 bridgehead atoms. The molecule has 186 valence electrons. The molecule has 0 aliphatic heterocycles. The fourth-order valence-electron chi connectivity index (χ4n) is 4.83. The molecule has 3 heterocycles. The lowest BCUT2D eigenvalue weighted by molar-refractivity contribution is 0.490. The van der Waals surface area contributed by atoms with Crippen LogP contribution in [0.3, 0.4) is 0 Å². The lowest BCUT2D eigenvalue weighted by Gasteiger charge is -2.16. The maximum absolute atomic E-state index is 5.08. The topological polar surface area (TPSA) is 57.7 Å². The summed E-state index contributed by atoms with van der Waals surface area (Å²) in [6, 6.07) is 35.5. The van der Waals surface area contributed by atoms with E-state index in [9.17, 15) is 0 Å². The SMILES string of the molecule is Cc1cccc(-c2nc(CN(I)Cc3ccccc3-c3ccccc3)[nH]c2-c2ccnc3ccccc23)n1. The van der Waals surface area contributed by atoms with E-state index >= 15 is 0 Å². The predicted molar refractivity (Wildman–Crippen MR) is 162 cm³/mol. The number of nitrogens with one attached hydrogen (secondary N) is 1. The fraction of sp³-hybridized carbons (Fsp3) is 0.0938. The molecular weight excluding hydrogens is 581 g/mol. The van der Waals surface area contributed by atoms with Crippen LogP contribution in [0, 0.1) is 6.92 Å². The van der Waals surface area contributed by atoms with Crippen LogP contribution < -0.4 is 0 Å². The number of para-hydroxylation sites is 1. The van der Waals surface area contributed by atoms with Crippen molar-refractivity contribution in [1.82, 2.24) is 23.0 Å². The van der Waals surface area contributed by atoms with Crippen molar-refractivity contribution >= 4 is 33.8 Å². The maximum Gasteiger partial charge on any atom is 0.122 e. The number of benzene rings is 3. The van der Waals surface area contributed by atoms with Gasteiger partial charge in [-0.25, -0.2) is 8.10 Å². The fourth-order valence-corrected chi connectivity index (χ4v) is 5.52. The number of hydrogen-bond donors (Lipinski definition) is 1. The lowest BCUT2D eigenvalue weighted by atomic mass is 10.00. The molecule has 0 saturated heterocycles. The highest BCUT2D eigenvalue weighted by molar-refractivity contribution is 14.1. The third-order valence-electron chi connectivity index (χ3n) is 6.57. The Morgan fingerprint density at radius 3 is 2.39 bits per heavy atom. The molecule has 0 aliphatic rings. The van der Waals surface area contributed by atoms with Crippen LogP contribution in [0.2, 0.25) is 0 Å². The first kappa shape index (κ1) is 24.5. The summed E-state index contributed by atoms with van der Waals surface area (Å²) in [7, 11) is 0. The molecule has 0 atom stereocenters. The molecule has 0 aliphatic carbocycles. The van der Waals surface area contributed by atoms with Crippen LogP contribution in [0.25, 0.3) is 44.7 Å². The van der Waals surface area contributed by atoms with E-state index in [1.807, 2.05) is 49.5 Å². The van der Waals surface area contributed by atoms with Crippen LogP contribution in [0.1, 0.15) is 17.1 Å². The Morgan fingerprint density at radius 2 is 1.53 bits per heavy atom. The Labute approximate surface area is 236 Å². The highest BCUT2D eigenvalue weighted by atomic mass is 127. The minimum Gasteiger partial charge on any atom is -0.340 e. The van der Waals surface area contributed by atoms with Gasteiger partial charge in [-0.1, -0.05) is 78.9 Å². The molecule has 3 aromatic heterocycles. The molecular formula is C32H26IN5. The van der Waals surface area contributed by atoms with E-state index in [2.05, 4.69) is 103 Å². The van der Waals surface area contributed by atoms with Gasteiger partial charge in [-0.05, 0) is 47.9 Å². The van der Waals surface area contributed by atoms with Crippen molar-refractivity contribution in [3.63, 3.8) is 0 Å². The van der Waals surface area contributed by atoms with Gasteiger partial charge in [-0.2, -0.15) is 0 Å². The summed E-state index contributed by atoms with van der Waals surface area (Å²) < 4.78 is 2.26. The smallest absolute Gasteiger partial charge is 0.122 e. The summed E-state index contributed by atoms with van der Waals surface area (Å²) in [5.74, 6) is 0.894. The van der Waals surface area contributed by atoms with Gasteiger partial charge in [0.2, 0.25) is 0 Å². The van der Waals surface area contributed by atoms with Gasteiger partial charge in [-0.15, -0.1) is 0 Å². The Bertz CT molecular complexity index is 1710. The zero-order valence-electron chi connectivity index (χ0n) is 21.0. The van der Waals surface area contributed by atoms with Crippen molar-refractivity contribution in [2.75, 3.05) is 0 Å². The van der Waals surface area contributed by atoms with E-state index in [0.717, 1.165) is 51.6 Å². The first-order valence-electron chi connectivity index (χ1n) is 12.6. The Kier molecular flexibility index (Phi) is 6.98. The largest absolute Gasteiger partial charge is 0.340 e. The van der Waals surface area contributed by atoms with Gasteiger partial charge in [0.1, 0.15) is 11.5 Å². The summed E-state index contributed by atoms with van der Waals surface area (Å²) in [5.41, 5.74) is 9.43. The molecule has 0 unspecified atom stereocenters. The Hall–Kier alpha value is -3.88. The van der Waals surface area contributed by atoms with E-state index in [0.29, 0.717) is 6.54 Å². The molecule has 0 fully saturated rings. The molecule has 1 N–H and O–H groups in total. The quantitative estimate of drug-likeness (QED) is 0.148. The van der Waals surface area contributed by atoms with Crippen LogP contribution in [0.4, 0.5) is 0 Å². The molecule has 6 heteroatoms. The number of aromatic nitrogens is 4. The van der Waals surface area contributed by atoms with Gasteiger partial charge < -0.3 is 4.98 Å². The van der Waals surface area contributed by atoms with Gasteiger partial charge in [-0.3, -0.25) is 9.97 Å². The molecule has 5 nitrogen and oxygen atoms in total. The van der Waals surface area contributed by atoms with Crippen LogP contribution in [-0.4, -0.2) is 23.0 Å². The van der Waals surface area contributed by atoms with Crippen molar-refractivity contribution in [2.45, 2.75) is 20.0 Å². The standard InChI is InChI=1S/C32H26IN5/c1-22-10-9-17-29(35-22)32-31(27-18-19-34-28-16-8-7-15-26(27)28)36-30(37-32)21-38(33)20-24-13-5-6-14-25(24)23-11-3-2-4-12-23/h2-19H,20-21H2,1H3,(H,36,37). The third kappa shape index (κ3) is 5.10. The number of imidazole rings is 1. The molecule has 0 spiro atoms. The van der Waals surface area contributed by atoms with Crippen molar-refractivity contribution < 1.29 is 0 Å². The van der Waals surface area contributed by atoms with Gasteiger partial charge in [0, 0.05) is 52.2 Å². The monoisotopic (exact) mass is 607 g/mol. The van der Waals surface area contributed by atoms with E-state index in [4.69, 9.17) is 9.97 Å². The average molecular weight is 607 g/mol. The van der Waals surface area contributed by atoms with Crippen LogP contribution in [-0.2, 0) is 13.1 Å². The predicted octanol–water partition coefficient (Wildman–Crippen LogP) is 8.01. The summed E-state index contributed by atoms with van der Waals surface area (Å²) >= 11 is 2.40. The van der Waals surface area contributed by atoms with Crippen LogP contribution in [0.5, 0.6) is 0 Å². The summed E-state index contributed by atoms with van der Waals surface area (Å²) in [4.78, 5) is 18.1. The summed E-state index contributed by atoms with van der Waals surface area (Å²) in [6.45, 7) is 3.46. The number of rotatable bonds is 7. The number of fused-ring (bicyclic) bond motifs is 1. The summed E-state index contributed by atoms with van der Waals surface area (Å²) in [5, 5.41) is 1.09. The van der Waals surface area contributed by atoms with Crippen LogP contribution >= 0.6 is 22.9 Å². The van der Waals surface area contributed by atoms with Crippen LogP contribution in [0.15, 0.2) is 109 Å². The minimum absolute atomic E-state index is 0.658. The van der Waals surface area contributed by atoms with E-state index in [1.54, 1.807) is 0 Å². The molecule has 6 aromatic rings. The Balaban J connectivity index is 1.36. The van der Waals surface area contributed by atoms with E-state index in [1.165, 1.54) is 16.7 Å². The van der Waals surface area contributed by atoms with Crippen molar-refractivity contribution in [1.29, 1.82) is 0 Å². The Morgan fingerprint density at radius 1 is 0.737 bits per heavy atom. The molecule has 0 radical (unpaired) electrons. The average Bonchev–Trinajstić information content (AvgIpc) is 3.37. The van der Waals surface area contributed by atoms with Crippen molar-refractivity contribution in [3.05, 3.63) is 126 Å². The number of halogens is 1. The normalized spacial score (nSPS) is 11.3. The van der Waals surface area contributed by atoms with E-state index < -0.39 is 0 Å². The minimum atomic E-state index is 0.658. The van der Waals surface area contributed by atoms with E-state index in [-0.39, 0.29) is 0 Å². The highest BCUT2D eigenvalue weighted by Crippen LogP contribution is 2.34. The maximum atomic E-state index is 5.08. The molecule has 3 aromatic carbocycles. The zero-order chi connectivity index (χ0) is 25.9. The van der Waals surface area contributed by atoms with Crippen molar-refractivity contribution in [3.8, 4) is 33.8 Å². The number of nitrogens with zero attached hydrogens (tertiary/aromatic N) is 4. The molecule has 6 rings (SSSR count). The van der Waals surface area contributed by atoms with Gasteiger partial charge >= 0.3 is 0 Å². The first-order valence-corrected chi connectivity index (χ1v) is 13.5. The third-order valence-corrected chi connectivity index (χ3v) is 7.25. The van der Waals surface area contributed by atoms with Gasteiger partial charge in [0.25, 0.3) is 0 Å².